The number of rotatable bonds is 4. The molecule has 1 aromatic heterocycles. The molecule has 1 aromatic carbocycles. The van der Waals surface area contributed by atoms with Crippen LogP contribution in [0.25, 0.3) is 0 Å². The number of imide groups is 1. The highest BCUT2D eigenvalue weighted by Gasteiger charge is 2.62. The van der Waals surface area contributed by atoms with Gasteiger partial charge in [-0.3, -0.25) is 14.5 Å². The van der Waals surface area contributed by atoms with Crippen LogP contribution >= 0.6 is 0 Å². The Morgan fingerprint density at radius 2 is 1.87 bits per heavy atom. The summed E-state index contributed by atoms with van der Waals surface area (Å²) in [7, 11) is 1.47. The lowest BCUT2D eigenvalue weighted by molar-refractivity contribution is -0.604. The Morgan fingerprint density at radius 1 is 1.09 bits per heavy atom. The quantitative estimate of drug-likeness (QED) is 0.210. The number of hydrogen-bond acceptors (Lipinski definition) is 7. The van der Waals surface area contributed by atoms with E-state index in [1.54, 1.807) is 12.3 Å². The summed E-state index contributed by atoms with van der Waals surface area (Å²) < 4.78 is 20.4. The first kappa shape index (κ1) is 34.2. The van der Waals surface area contributed by atoms with Crippen LogP contribution in [0, 0.1) is 35.0 Å². The summed E-state index contributed by atoms with van der Waals surface area (Å²) >= 11 is 0. The highest BCUT2D eigenvalue weighted by molar-refractivity contribution is 5.92. The summed E-state index contributed by atoms with van der Waals surface area (Å²) in [5, 5.41) is 0. The smallest absolute Gasteiger partial charge is 0.416 e. The van der Waals surface area contributed by atoms with Crippen LogP contribution in [-0.4, -0.2) is 69.5 Å². The van der Waals surface area contributed by atoms with Crippen LogP contribution in [0.5, 0.6) is 11.6 Å². The lowest BCUT2D eigenvalue weighted by Gasteiger charge is -2.40. The molecule has 47 heavy (non-hydrogen) atoms. The fourth-order valence-corrected chi connectivity index (χ4v) is 8.26. The number of fused-ring (bicyclic) bond motifs is 1. The molecule has 2 fully saturated rings. The number of amides is 2. The second-order valence-corrected chi connectivity index (χ2v) is 14.1. The van der Waals surface area contributed by atoms with Crippen molar-refractivity contribution in [2.75, 3.05) is 7.05 Å². The van der Waals surface area contributed by atoms with Crippen molar-refractivity contribution in [2.45, 2.75) is 104 Å². The first-order valence-corrected chi connectivity index (χ1v) is 16.8. The van der Waals surface area contributed by atoms with E-state index in [0.717, 1.165) is 23.3 Å². The summed E-state index contributed by atoms with van der Waals surface area (Å²) in [4.78, 5) is 45.6. The van der Waals surface area contributed by atoms with Gasteiger partial charge in [0.25, 0.3) is 0 Å². The molecule has 3 aliphatic rings. The Labute approximate surface area is 278 Å². The third-order valence-electron chi connectivity index (χ3n) is 10.3. The van der Waals surface area contributed by atoms with E-state index in [4.69, 9.17) is 14.2 Å². The number of esters is 1. The molecule has 0 radical (unpaired) electrons. The number of nitrogens with zero attached hydrogens (tertiary/aromatic N) is 3. The average molecular weight is 643 g/mol. The SMILES string of the molecule is CC[C@H]1OC(=O)N(C)C(=O)[C@H](C)C[C@](C)(CC#Cc2cccc(Oc3ccccn3)c2)C[C@@H](C)[N+]2=CCCC3C(=O)O[C@@]1(C)[C@H]3[C@H]2C. The van der Waals surface area contributed by atoms with Gasteiger partial charge in [-0.15, -0.1) is 0 Å². The van der Waals surface area contributed by atoms with Crippen LogP contribution in [0.4, 0.5) is 4.79 Å². The molecule has 2 amide bonds. The number of pyridine rings is 1. The monoisotopic (exact) mass is 642 g/mol. The van der Waals surface area contributed by atoms with Crippen molar-refractivity contribution in [3.8, 4) is 23.5 Å². The second-order valence-electron chi connectivity index (χ2n) is 14.1. The number of carbonyl (C=O) groups excluding carboxylic acids is 3. The molecule has 9 nitrogen and oxygen atoms in total. The van der Waals surface area contributed by atoms with Gasteiger partial charge in [0.15, 0.2) is 11.6 Å². The maximum atomic E-state index is 13.6. The van der Waals surface area contributed by atoms with Gasteiger partial charge in [0.1, 0.15) is 24.1 Å². The maximum absolute atomic E-state index is 13.6. The second kappa shape index (κ2) is 13.9. The minimum Gasteiger partial charge on any atom is -0.455 e. The van der Waals surface area contributed by atoms with Gasteiger partial charge in [0, 0.05) is 50.1 Å². The van der Waals surface area contributed by atoms with Crippen LogP contribution < -0.4 is 4.74 Å². The first-order chi connectivity index (χ1) is 22.3. The van der Waals surface area contributed by atoms with Crippen molar-refractivity contribution in [1.82, 2.24) is 9.88 Å². The summed E-state index contributed by atoms with van der Waals surface area (Å²) in [6.07, 6.45) is 6.24. The average Bonchev–Trinajstić information content (AvgIpc) is 3.16. The summed E-state index contributed by atoms with van der Waals surface area (Å²) in [6, 6.07) is 13.2. The van der Waals surface area contributed by atoms with Crippen LogP contribution in [0.2, 0.25) is 0 Å². The highest BCUT2D eigenvalue weighted by Crippen LogP contribution is 2.48. The van der Waals surface area contributed by atoms with Crippen molar-refractivity contribution in [1.29, 1.82) is 0 Å². The molecule has 2 saturated heterocycles. The Morgan fingerprint density at radius 3 is 2.60 bits per heavy atom. The largest absolute Gasteiger partial charge is 0.455 e. The maximum Gasteiger partial charge on any atom is 0.416 e. The molecule has 0 saturated carbocycles. The molecule has 0 aliphatic carbocycles. The molecular weight excluding hydrogens is 594 g/mol. The van der Waals surface area contributed by atoms with Crippen molar-refractivity contribution < 1.29 is 33.2 Å². The number of cyclic esters (lactones) is 1. The molecule has 3 aliphatic heterocycles. The van der Waals surface area contributed by atoms with E-state index >= 15 is 0 Å². The van der Waals surface area contributed by atoms with Crippen molar-refractivity contribution in [3.05, 3.63) is 54.2 Å². The minimum atomic E-state index is -1.02. The van der Waals surface area contributed by atoms with Gasteiger partial charge in [0.2, 0.25) is 11.8 Å². The number of benzene rings is 1. The zero-order chi connectivity index (χ0) is 33.9. The highest BCUT2D eigenvalue weighted by atomic mass is 16.6. The topological polar surface area (TPSA) is 98.0 Å². The molecule has 4 heterocycles. The van der Waals surface area contributed by atoms with E-state index in [1.807, 2.05) is 57.2 Å². The number of aromatic nitrogens is 1. The standard InChI is InChI=1S/C38H48N3O6/c1-8-31-38(6)33-27(4)41(21-13-17-30(33)35(43)47-38)26(3)24-37(5,23-25(2)34(42)40(7)36(44)46-31)19-12-15-28-14-11-16-29(22-28)45-32-18-9-10-20-39-32/h9-11,14,16,18,20-22,25-27,30-31,33H,8,13,17,19,23-24H2,1-7H3/q+1/t25-,26-,27-,30?,31-,33+,37+,38-/m1/s1. The summed E-state index contributed by atoms with van der Waals surface area (Å²) in [5.74, 6) is 6.40. The predicted molar refractivity (Wildman–Crippen MR) is 178 cm³/mol. The van der Waals surface area contributed by atoms with Crippen LogP contribution in [0.1, 0.15) is 85.6 Å². The predicted octanol–water partition coefficient (Wildman–Crippen LogP) is 6.63. The van der Waals surface area contributed by atoms with E-state index in [0.29, 0.717) is 37.3 Å². The van der Waals surface area contributed by atoms with Gasteiger partial charge in [-0.25, -0.2) is 14.4 Å². The van der Waals surface area contributed by atoms with Crippen LogP contribution in [0.15, 0.2) is 48.7 Å². The molecule has 9 heteroatoms. The Hall–Kier alpha value is -4.19. The zero-order valence-electron chi connectivity index (χ0n) is 28.7. The van der Waals surface area contributed by atoms with Gasteiger partial charge in [-0.1, -0.05) is 44.7 Å². The van der Waals surface area contributed by atoms with Gasteiger partial charge in [-0.2, -0.15) is 0 Å². The molecule has 250 valence electrons. The molecule has 5 rings (SSSR count). The molecule has 2 bridgehead atoms. The normalized spacial score (nSPS) is 33.0. The molecule has 1 unspecified atom stereocenters. The first-order valence-electron chi connectivity index (χ1n) is 16.8. The van der Waals surface area contributed by atoms with Gasteiger partial charge < -0.3 is 14.2 Å². The van der Waals surface area contributed by atoms with E-state index in [2.05, 4.69) is 48.4 Å². The summed E-state index contributed by atoms with van der Waals surface area (Å²) in [6.45, 7) is 12.2. The fraction of sp³-hybridized carbons (Fsp3) is 0.553. The van der Waals surface area contributed by atoms with E-state index in [1.165, 1.54) is 7.05 Å². The third-order valence-corrected chi connectivity index (χ3v) is 10.3. The van der Waals surface area contributed by atoms with Crippen molar-refractivity contribution in [2.24, 2.45) is 23.2 Å². The number of carbonyl (C=O) groups is 3. The zero-order valence-corrected chi connectivity index (χ0v) is 28.7. The Bertz CT molecular complexity index is 1580. The van der Waals surface area contributed by atoms with Gasteiger partial charge in [0.05, 0.1) is 11.8 Å². The molecular formula is C38H48N3O6+. The van der Waals surface area contributed by atoms with Crippen LogP contribution in [-0.2, 0) is 19.1 Å². The van der Waals surface area contributed by atoms with Gasteiger partial charge >= 0.3 is 12.1 Å². The van der Waals surface area contributed by atoms with E-state index in [-0.39, 0.29) is 41.2 Å². The minimum absolute atomic E-state index is 0.0430. The Balaban J connectivity index is 1.46. The van der Waals surface area contributed by atoms with Crippen molar-refractivity contribution in [3.63, 3.8) is 0 Å². The fourth-order valence-electron chi connectivity index (χ4n) is 8.26. The molecule has 2 aromatic rings. The van der Waals surface area contributed by atoms with E-state index < -0.39 is 23.7 Å². The number of hydrogen-bond donors (Lipinski definition) is 0. The van der Waals surface area contributed by atoms with Gasteiger partial charge in [-0.05, 0) is 69.7 Å². The molecule has 8 atom stereocenters. The Kier molecular flexibility index (Phi) is 10.1. The van der Waals surface area contributed by atoms with Crippen molar-refractivity contribution >= 4 is 24.2 Å². The van der Waals surface area contributed by atoms with Crippen LogP contribution in [0.3, 0.4) is 0 Å². The van der Waals surface area contributed by atoms with E-state index in [9.17, 15) is 14.4 Å². The lowest BCUT2D eigenvalue weighted by Crippen LogP contribution is -2.55. The lowest BCUT2D eigenvalue weighted by atomic mass is 9.72. The number of ether oxygens (including phenoxy) is 3. The molecule has 0 spiro atoms. The molecule has 0 N–H and O–H groups in total. The summed E-state index contributed by atoms with van der Waals surface area (Å²) in [5.41, 5.74) is -0.571. The third kappa shape index (κ3) is 7.22.